The number of carbonyl (C=O) groups is 1. The van der Waals surface area contributed by atoms with Crippen LogP contribution in [0.5, 0.6) is 0 Å². The zero-order valence-corrected chi connectivity index (χ0v) is 6.75. The van der Waals surface area contributed by atoms with Gasteiger partial charge in [-0.05, 0) is 37.0 Å². The molecule has 4 atom stereocenters. The van der Waals surface area contributed by atoms with E-state index in [0.29, 0.717) is 11.7 Å². The first kappa shape index (κ1) is 6.22. The largest absolute Gasteiger partial charge is 0.299 e. The van der Waals surface area contributed by atoms with Crippen LogP contribution in [0.1, 0.15) is 32.1 Å². The Balaban J connectivity index is 1.89. The fourth-order valence-electron chi connectivity index (χ4n) is 3.78. The lowest BCUT2D eigenvalue weighted by Crippen LogP contribution is -2.43. The maximum Gasteiger partial charge on any atom is 0.136 e. The van der Waals surface area contributed by atoms with E-state index in [1.807, 2.05) is 0 Å². The molecule has 0 aliphatic heterocycles. The highest BCUT2D eigenvalue weighted by Gasteiger charge is 2.57. The highest BCUT2D eigenvalue weighted by Crippen LogP contribution is 2.60. The van der Waals surface area contributed by atoms with Gasteiger partial charge in [-0.2, -0.15) is 0 Å². The van der Waals surface area contributed by atoms with Gasteiger partial charge in [0.2, 0.25) is 0 Å². The molecule has 0 aromatic heterocycles. The summed E-state index contributed by atoms with van der Waals surface area (Å²) in [5.41, 5.74) is 0. The molecule has 1 nitrogen and oxygen atoms in total. The van der Waals surface area contributed by atoms with Gasteiger partial charge in [-0.3, -0.25) is 4.79 Å². The van der Waals surface area contributed by atoms with E-state index in [1.165, 1.54) is 25.7 Å². The van der Waals surface area contributed by atoms with Gasteiger partial charge in [-0.15, -0.1) is 0 Å². The Kier molecular flexibility index (Phi) is 1.06. The predicted octanol–water partition coefficient (Wildman–Crippen LogP) is 2.01. The molecule has 4 unspecified atom stereocenters. The SMILES string of the molecule is O=C1CCC2C3CCCC3C12. The summed E-state index contributed by atoms with van der Waals surface area (Å²) in [7, 11) is 0. The lowest BCUT2D eigenvalue weighted by molar-refractivity contribution is -0.128. The normalized spacial score (nSPS) is 53.6. The van der Waals surface area contributed by atoms with Gasteiger partial charge in [-0.1, -0.05) is 6.42 Å². The van der Waals surface area contributed by atoms with Crippen molar-refractivity contribution in [3.63, 3.8) is 0 Å². The van der Waals surface area contributed by atoms with E-state index in [2.05, 4.69) is 0 Å². The first-order chi connectivity index (χ1) is 5.38. The van der Waals surface area contributed by atoms with Crippen LogP contribution in [0.4, 0.5) is 0 Å². The summed E-state index contributed by atoms with van der Waals surface area (Å²) in [6.07, 6.45) is 6.32. The van der Waals surface area contributed by atoms with Crippen molar-refractivity contribution in [2.24, 2.45) is 23.7 Å². The zero-order valence-electron chi connectivity index (χ0n) is 6.75. The van der Waals surface area contributed by atoms with Gasteiger partial charge in [0.05, 0.1) is 0 Å². The summed E-state index contributed by atoms with van der Waals surface area (Å²) in [5.74, 6) is 3.80. The molecule has 0 saturated heterocycles. The molecule has 0 heterocycles. The average Bonchev–Trinajstić information content (AvgIpc) is 2.43. The third-order valence-electron chi connectivity index (χ3n) is 4.19. The Morgan fingerprint density at radius 2 is 1.73 bits per heavy atom. The lowest BCUT2D eigenvalue weighted by Gasteiger charge is -2.44. The van der Waals surface area contributed by atoms with Crippen molar-refractivity contribution in [1.29, 1.82) is 0 Å². The van der Waals surface area contributed by atoms with E-state index in [0.717, 1.165) is 24.2 Å². The first-order valence-electron chi connectivity index (χ1n) is 4.90. The number of carbonyl (C=O) groups excluding carboxylic acids is 1. The third kappa shape index (κ3) is 0.605. The molecule has 3 saturated carbocycles. The maximum atomic E-state index is 11.4. The predicted molar refractivity (Wildman–Crippen MR) is 42.1 cm³/mol. The molecule has 3 rings (SSSR count). The van der Waals surface area contributed by atoms with E-state index in [-0.39, 0.29) is 0 Å². The second-order valence-corrected chi connectivity index (χ2v) is 4.45. The molecule has 11 heavy (non-hydrogen) atoms. The minimum Gasteiger partial charge on any atom is -0.299 e. The van der Waals surface area contributed by atoms with Gasteiger partial charge in [0.1, 0.15) is 5.78 Å². The van der Waals surface area contributed by atoms with Crippen LogP contribution in [-0.2, 0) is 4.79 Å². The fraction of sp³-hybridized carbons (Fsp3) is 0.900. The summed E-state index contributed by atoms with van der Waals surface area (Å²) >= 11 is 0. The van der Waals surface area contributed by atoms with Gasteiger partial charge in [-0.25, -0.2) is 0 Å². The Bertz CT molecular complexity index is 203. The van der Waals surface area contributed by atoms with Gasteiger partial charge >= 0.3 is 0 Å². The molecule has 3 aliphatic rings. The molecule has 60 valence electrons. The van der Waals surface area contributed by atoms with Crippen LogP contribution in [0.3, 0.4) is 0 Å². The van der Waals surface area contributed by atoms with Crippen molar-refractivity contribution in [2.75, 3.05) is 0 Å². The Morgan fingerprint density at radius 3 is 2.64 bits per heavy atom. The van der Waals surface area contributed by atoms with Crippen molar-refractivity contribution in [2.45, 2.75) is 32.1 Å². The van der Waals surface area contributed by atoms with Crippen molar-refractivity contribution >= 4 is 5.78 Å². The molecule has 0 aromatic rings. The van der Waals surface area contributed by atoms with Crippen LogP contribution >= 0.6 is 0 Å². The van der Waals surface area contributed by atoms with Gasteiger partial charge in [0.15, 0.2) is 0 Å². The maximum absolute atomic E-state index is 11.4. The minimum atomic E-state index is 0.544. The number of ketones is 1. The first-order valence-corrected chi connectivity index (χ1v) is 4.90. The lowest BCUT2D eigenvalue weighted by atomic mass is 9.60. The van der Waals surface area contributed by atoms with E-state index in [9.17, 15) is 4.79 Å². The van der Waals surface area contributed by atoms with Crippen molar-refractivity contribution < 1.29 is 4.79 Å². The van der Waals surface area contributed by atoms with E-state index in [1.54, 1.807) is 0 Å². The van der Waals surface area contributed by atoms with E-state index < -0.39 is 0 Å². The van der Waals surface area contributed by atoms with Crippen LogP contribution in [-0.4, -0.2) is 5.78 Å². The highest BCUT2D eigenvalue weighted by molar-refractivity contribution is 5.85. The van der Waals surface area contributed by atoms with Crippen molar-refractivity contribution in [3.05, 3.63) is 0 Å². The molecule has 0 bridgehead atoms. The number of Topliss-reactive ketones (excluding diaryl/α,β-unsaturated/α-hetero) is 1. The molecule has 3 fully saturated rings. The Hall–Kier alpha value is -0.330. The number of hydrogen-bond donors (Lipinski definition) is 0. The van der Waals surface area contributed by atoms with Gasteiger partial charge in [0, 0.05) is 12.3 Å². The smallest absolute Gasteiger partial charge is 0.136 e. The Morgan fingerprint density at radius 1 is 1.00 bits per heavy atom. The zero-order chi connectivity index (χ0) is 7.42. The summed E-state index contributed by atoms with van der Waals surface area (Å²) in [4.78, 5) is 11.4. The van der Waals surface area contributed by atoms with E-state index in [4.69, 9.17) is 0 Å². The topological polar surface area (TPSA) is 17.1 Å². The standard InChI is InChI=1S/C10H14O/c11-9-5-4-8-6-2-1-3-7(6)10(8)9/h6-8,10H,1-5H2. The van der Waals surface area contributed by atoms with Crippen molar-refractivity contribution in [3.8, 4) is 0 Å². The third-order valence-corrected chi connectivity index (χ3v) is 4.19. The number of rotatable bonds is 0. The monoisotopic (exact) mass is 150 g/mol. The van der Waals surface area contributed by atoms with Crippen LogP contribution in [0, 0.1) is 23.7 Å². The summed E-state index contributed by atoms with van der Waals surface area (Å²) in [6, 6.07) is 0. The second-order valence-electron chi connectivity index (χ2n) is 4.45. The molecule has 0 spiro atoms. The van der Waals surface area contributed by atoms with Crippen LogP contribution in [0.2, 0.25) is 0 Å². The van der Waals surface area contributed by atoms with Crippen LogP contribution in [0.25, 0.3) is 0 Å². The van der Waals surface area contributed by atoms with Crippen LogP contribution < -0.4 is 0 Å². The highest BCUT2D eigenvalue weighted by atomic mass is 16.1. The number of fused-ring (bicyclic) bond motifs is 4. The molecule has 0 aromatic carbocycles. The molecule has 0 N–H and O–H groups in total. The van der Waals surface area contributed by atoms with Gasteiger partial charge in [0.25, 0.3) is 0 Å². The van der Waals surface area contributed by atoms with Crippen LogP contribution in [0.15, 0.2) is 0 Å². The molecule has 3 aliphatic carbocycles. The quantitative estimate of drug-likeness (QED) is 0.516. The fourth-order valence-corrected chi connectivity index (χ4v) is 3.78. The molecule has 1 heteroatoms. The summed E-state index contributed by atoms with van der Waals surface area (Å²) < 4.78 is 0. The summed E-state index contributed by atoms with van der Waals surface area (Å²) in [6.45, 7) is 0. The second kappa shape index (κ2) is 1.88. The summed E-state index contributed by atoms with van der Waals surface area (Å²) in [5, 5.41) is 0. The number of hydrogen-bond acceptors (Lipinski definition) is 1. The molecule has 0 radical (unpaired) electrons. The van der Waals surface area contributed by atoms with Crippen molar-refractivity contribution in [1.82, 2.24) is 0 Å². The molecule has 0 amide bonds. The van der Waals surface area contributed by atoms with E-state index >= 15 is 0 Å². The molecular weight excluding hydrogens is 136 g/mol. The minimum absolute atomic E-state index is 0.544. The van der Waals surface area contributed by atoms with Gasteiger partial charge < -0.3 is 0 Å². The Labute approximate surface area is 67.2 Å². The average molecular weight is 150 g/mol. The molecular formula is C10H14O.